The molecular formula is C14H25NOSi. The summed E-state index contributed by atoms with van der Waals surface area (Å²) >= 11 is 0. The van der Waals surface area contributed by atoms with Crippen LogP contribution in [-0.4, -0.2) is 29.2 Å². The predicted octanol–water partition coefficient (Wildman–Crippen LogP) is 1.67. The summed E-state index contributed by atoms with van der Waals surface area (Å²) in [4.78, 5) is 0. The van der Waals surface area contributed by atoms with Crippen LogP contribution in [-0.2, 0) is 10.8 Å². The third-order valence-electron chi connectivity index (χ3n) is 3.32. The van der Waals surface area contributed by atoms with Crippen LogP contribution in [0.1, 0.15) is 32.3 Å². The fourth-order valence-electron chi connectivity index (χ4n) is 2.01. The first-order valence-corrected chi connectivity index (χ1v) is 7.15. The molecule has 0 radical (unpaired) electrons. The van der Waals surface area contributed by atoms with Gasteiger partial charge in [0.1, 0.15) is 10.5 Å². The molecule has 0 fully saturated rings. The van der Waals surface area contributed by atoms with Crippen molar-refractivity contribution in [2.24, 2.45) is 0 Å². The van der Waals surface area contributed by atoms with Gasteiger partial charge in [0.25, 0.3) is 0 Å². The van der Waals surface area contributed by atoms with Crippen molar-refractivity contribution in [1.82, 2.24) is 5.32 Å². The Balaban J connectivity index is 2.43. The lowest BCUT2D eigenvalue weighted by molar-refractivity contribution is 0.0980. The molecule has 1 atom stereocenters. The minimum atomic E-state index is 0.0105. The first-order chi connectivity index (χ1) is 8.07. The van der Waals surface area contributed by atoms with Crippen LogP contribution in [0.25, 0.3) is 0 Å². The van der Waals surface area contributed by atoms with Crippen molar-refractivity contribution < 1.29 is 4.43 Å². The Kier molecular flexibility index (Phi) is 5.89. The summed E-state index contributed by atoms with van der Waals surface area (Å²) in [6.45, 7) is 4.35. The van der Waals surface area contributed by atoms with Gasteiger partial charge in [-0.1, -0.05) is 30.3 Å². The van der Waals surface area contributed by atoms with Gasteiger partial charge < -0.3 is 9.74 Å². The maximum atomic E-state index is 5.62. The molecule has 0 aromatic heterocycles. The number of rotatable bonds is 7. The van der Waals surface area contributed by atoms with Gasteiger partial charge in [-0.15, -0.1) is 0 Å². The van der Waals surface area contributed by atoms with Gasteiger partial charge in [-0.05, 0) is 45.7 Å². The van der Waals surface area contributed by atoms with Crippen molar-refractivity contribution in [2.45, 2.75) is 44.8 Å². The molecule has 0 spiro atoms. The highest BCUT2D eigenvalue weighted by Crippen LogP contribution is 2.18. The molecule has 0 heterocycles. The normalized spacial score (nSPS) is 13.8. The molecule has 1 aromatic rings. The zero-order valence-electron chi connectivity index (χ0n) is 11.5. The number of aryl methyl sites for hydroxylation is 1. The van der Waals surface area contributed by atoms with Gasteiger partial charge in [0.15, 0.2) is 0 Å². The maximum Gasteiger partial charge on any atom is 0.146 e. The summed E-state index contributed by atoms with van der Waals surface area (Å²) in [6, 6.07) is 11.2. The van der Waals surface area contributed by atoms with E-state index in [0.29, 0.717) is 6.04 Å². The Morgan fingerprint density at radius 1 is 1.29 bits per heavy atom. The molecule has 0 aliphatic heterocycles. The topological polar surface area (TPSA) is 21.3 Å². The zero-order valence-corrected chi connectivity index (χ0v) is 13.5. The molecule has 1 N–H and O–H groups in total. The molecular weight excluding hydrogens is 226 g/mol. The van der Waals surface area contributed by atoms with Gasteiger partial charge in [0, 0.05) is 6.04 Å². The fourth-order valence-corrected chi connectivity index (χ4v) is 2.18. The minimum Gasteiger partial charge on any atom is -0.423 e. The van der Waals surface area contributed by atoms with Gasteiger partial charge in [-0.2, -0.15) is 0 Å². The lowest BCUT2D eigenvalue weighted by Crippen LogP contribution is -2.36. The van der Waals surface area contributed by atoms with Crippen LogP contribution in [0.4, 0.5) is 0 Å². The lowest BCUT2D eigenvalue weighted by Gasteiger charge is -2.29. The van der Waals surface area contributed by atoms with E-state index >= 15 is 0 Å². The molecule has 17 heavy (non-hydrogen) atoms. The summed E-state index contributed by atoms with van der Waals surface area (Å²) in [5.41, 5.74) is 1.42. The van der Waals surface area contributed by atoms with Gasteiger partial charge in [0.05, 0.1) is 5.60 Å². The predicted molar refractivity (Wildman–Crippen MR) is 77.3 cm³/mol. The monoisotopic (exact) mass is 251 g/mol. The van der Waals surface area contributed by atoms with E-state index in [9.17, 15) is 0 Å². The molecule has 0 aliphatic rings. The van der Waals surface area contributed by atoms with Crippen LogP contribution in [0.2, 0.25) is 0 Å². The second-order valence-corrected chi connectivity index (χ2v) is 5.59. The van der Waals surface area contributed by atoms with Crippen LogP contribution in [0.15, 0.2) is 30.3 Å². The van der Waals surface area contributed by atoms with E-state index in [2.05, 4.69) is 49.5 Å². The molecule has 1 unspecified atom stereocenters. The van der Waals surface area contributed by atoms with Crippen molar-refractivity contribution in [3.63, 3.8) is 0 Å². The van der Waals surface area contributed by atoms with Gasteiger partial charge >= 0.3 is 0 Å². The highest BCUT2D eigenvalue weighted by atomic mass is 28.2. The summed E-state index contributed by atoms with van der Waals surface area (Å²) < 4.78 is 5.62. The average Bonchev–Trinajstić information content (AvgIpc) is 2.35. The lowest BCUT2D eigenvalue weighted by atomic mass is 9.94. The number of nitrogens with one attached hydrogen (secondary N) is 1. The molecule has 0 saturated carbocycles. The van der Waals surface area contributed by atoms with E-state index in [-0.39, 0.29) is 5.60 Å². The summed E-state index contributed by atoms with van der Waals surface area (Å²) in [7, 11) is 2.85. The van der Waals surface area contributed by atoms with E-state index < -0.39 is 0 Å². The van der Waals surface area contributed by atoms with E-state index in [1.165, 1.54) is 5.56 Å². The standard InChI is InChI=1S/C14H25NOSi/c1-14(2,16-17)11-13(15-3)10-9-12-7-5-4-6-8-12/h4-8,13,15H,9-11H2,1-3,17H3. The largest absolute Gasteiger partial charge is 0.423 e. The first kappa shape index (κ1) is 14.4. The Morgan fingerprint density at radius 2 is 1.94 bits per heavy atom. The van der Waals surface area contributed by atoms with Crippen LogP contribution in [0.5, 0.6) is 0 Å². The second-order valence-electron chi connectivity index (χ2n) is 5.18. The van der Waals surface area contributed by atoms with Crippen LogP contribution in [0.3, 0.4) is 0 Å². The maximum absolute atomic E-state index is 5.62. The molecule has 3 heteroatoms. The smallest absolute Gasteiger partial charge is 0.146 e. The molecule has 1 aromatic carbocycles. The van der Waals surface area contributed by atoms with Crippen LogP contribution in [0, 0.1) is 0 Å². The van der Waals surface area contributed by atoms with Crippen molar-refractivity contribution in [2.75, 3.05) is 7.05 Å². The van der Waals surface area contributed by atoms with Gasteiger partial charge in [-0.3, -0.25) is 0 Å². The van der Waals surface area contributed by atoms with Crippen molar-refractivity contribution in [1.29, 1.82) is 0 Å². The van der Waals surface area contributed by atoms with Crippen LogP contribution < -0.4 is 5.32 Å². The Hall–Kier alpha value is -0.643. The summed E-state index contributed by atoms with van der Waals surface area (Å²) in [6.07, 6.45) is 3.36. The number of hydrogen-bond donors (Lipinski definition) is 1. The van der Waals surface area contributed by atoms with E-state index in [4.69, 9.17) is 4.43 Å². The molecule has 0 bridgehead atoms. The Labute approximate surface area is 108 Å². The summed E-state index contributed by atoms with van der Waals surface area (Å²) in [5, 5.41) is 3.40. The zero-order chi connectivity index (χ0) is 12.7. The molecule has 96 valence electrons. The van der Waals surface area contributed by atoms with Crippen molar-refractivity contribution in [3.05, 3.63) is 35.9 Å². The number of benzene rings is 1. The molecule has 0 saturated heterocycles. The van der Waals surface area contributed by atoms with Gasteiger partial charge in [-0.25, -0.2) is 0 Å². The second kappa shape index (κ2) is 6.94. The highest BCUT2D eigenvalue weighted by molar-refractivity contribution is 5.98. The van der Waals surface area contributed by atoms with Crippen molar-refractivity contribution >= 4 is 10.5 Å². The van der Waals surface area contributed by atoms with E-state index in [1.807, 2.05) is 7.05 Å². The molecule has 2 nitrogen and oxygen atoms in total. The van der Waals surface area contributed by atoms with Gasteiger partial charge in [0.2, 0.25) is 0 Å². The molecule has 1 rings (SSSR count). The summed E-state index contributed by atoms with van der Waals surface area (Å²) in [5.74, 6) is 0. The minimum absolute atomic E-state index is 0.0105. The molecule has 0 amide bonds. The Morgan fingerprint density at radius 3 is 2.47 bits per heavy atom. The average molecular weight is 251 g/mol. The highest BCUT2D eigenvalue weighted by Gasteiger charge is 2.20. The van der Waals surface area contributed by atoms with Crippen molar-refractivity contribution in [3.8, 4) is 0 Å². The van der Waals surface area contributed by atoms with E-state index in [1.54, 1.807) is 0 Å². The molecule has 0 aliphatic carbocycles. The first-order valence-electron chi connectivity index (χ1n) is 6.34. The SMILES string of the molecule is CNC(CCc1ccccc1)CC(C)(C)O[SiH3]. The third kappa shape index (κ3) is 5.48. The Bertz CT molecular complexity index is 313. The number of hydrogen-bond acceptors (Lipinski definition) is 2. The van der Waals surface area contributed by atoms with Crippen LogP contribution >= 0.6 is 0 Å². The quantitative estimate of drug-likeness (QED) is 0.745. The van der Waals surface area contributed by atoms with E-state index in [0.717, 1.165) is 29.7 Å². The fraction of sp³-hybridized carbons (Fsp3) is 0.571. The third-order valence-corrected chi connectivity index (χ3v) is 4.43.